The van der Waals surface area contributed by atoms with E-state index in [1.165, 1.54) is 12.1 Å². The van der Waals surface area contributed by atoms with Crippen LogP contribution in [0.3, 0.4) is 0 Å². The Morgan fingerprint density at radius 2 is 2.30 bits per heavy atom. The number of likely N-dealkylation sites (tertiary alicyclic amines) is 1. The number of amides is 1. The highest BCUT2D eigenvalue weighted by atomic mass is 19.1. The fourth-order valence-corrected chi connectivity index (χ4v) is 2.80. The maximum Gasteiger partial charge on any atom is 0.256 e. The molecule has 1 unspecified atom stereocenters. The smallest absolute Gasteiger partial charge is 0.256 e. The van der Waals surface area contributed by atoms with Crippen LogP contribution in [0.1, 0.15) is 30.1 Å². The normalized spacial score (nSPS) is 19.2. The van der Waals surface area contributed by atoms with Crippen molar-refractivity contribution in [2.75, 3.05) is 26.7 Å². The second-order valence-electron chi connectivity index (χ2n) is 5.27. The van der Waals surface area contributed by atoms with Crippen LogP contribution in [0.4, 0.5) is 4.39 Å². The second-order valence-corrected chi connectivity index (χ2v) is 5.27. The summed E-state index contributed by atoms with van der Waals surface area (Å²) < 4.78 is 13.7. The van der Waals surface area contributed by atoms with Gasteiger partial charge in [0.2, 0.25) is 0 Å². The summed E-state index contributed by atoms with van der Waals surface area (Å²) in [5, 5.41) is 9.18. The van der Waals surface area contributed by atoms with E-state index in [2.05, 4.69) is 11.8 Å². The van der Waals surface area contributed by atoms with Crippen molar-refractivity contribution in [2.24, 2.45) is 0 Å². The molecule has 1 atom stereocenters. The largest absolute Gasteiger partial charge is 0.508 e. The highest BCUT2D eigenvalue weighted by molar-refractivity contribution is 5.94. The fourth-order valence-electron chi connectivity index (χ4n) is 2.80. The summed E-state index contributed by atoms with van der Waals surface area (Å²) >= 11 is 0. The molecule has 0 bridgehead atoms. The molecule has 110 valence electrons. The second kappa shape index (κ2) is 6.22. The van der Waals surface area contributed by atoms with Gasteiger partial charge in [-0.05, 0) is 38.1 Å². The van der Waals surface area contributed by atoms with Gasteiger partial charge in [-0.3, -0.25) is 9.69 Å². The lowest BCUT2D eigenvalue weighted by atomic mass is 10.1. The lowest BCUT2D eigenvalue weighted by Crippen LogP contribution is -2.41. The molecule has 1 heterocycles. The van der Waals surface area contributed by atoms with Crippen LogP contribution in [0.15, 0.2) is 18.2 Å². The molecular weight excluding hydrogens is 259 g/mol. The van der Waals surface area contributed by atoms with Crippen LogP contribution < -0.4 is 0 Å². The first-order valence-corrected chi connectivity index (χ1v) is 7.01. The van der Waals surface area contributed by atoms with Crippen LogP contribution in [-0.4, -0.2) is 53.5 Å². The first-order valence-electron chi connectivity index (χ1n) is 7.01. The fraction of sp³-hybridized carbons (Fsp3) is 0.533. The minimum Gasteiger partial charge on any atom is -0.508 e. The molecule has 1 amide bonds. The molecule has 1 aliphatic rings. The Balaban J connectivity index is 2.05. The van der Waals surface area contributed by atoms with Crippen LogP contribution in [0.2, 0.25) is 0 Å². The summed E-state index contributed by atoms with van der Waals surface area (Å²) in [6, 6.07) is 3.98. The molecule has 1 aromatic rings. The predicted molar refractivity (Wildman–Crippen MR) is 75.3 cm³/mol. The summed E-state index contributed by atoms with van der Waals surface area (Å²) in [6.07, 6.45) is 2.22. The van der Waals surface area contributed by atoms with Gasteiger partial charge in [-0.1, -0.05) is 6.92 Å². The number of carbonyl (C=O) groups excluding carboxylic acids is 1. The number of phenolic OH excluding ortho intramolecular Hbond substituents is 1. The summed E-state index contributed by atoms with van der Waals surface area (Å²) in [6.45, 7) is 4.75. The van der Waals surface area contributed by atoms with Gasteiger partial charge in [0.15, 0.2) is 0 Å². The quantitative estimate of drug-likeness (QED) is 0.918. The summed E-state index contributed by atoms with van der Waals surface area (Å²) in [4.78, 5) is 16.2. The summed E-state index contributed by atoms with van der Waals surface area (Å²) in [5.74, 6) is -1.19. The Hall–Kier alpha value is -1.62. The zero-order chi connectivity index (χ0) is 14.7. The Morgan fingerprint density at radius 1 is 1.55 bits per heavy atom. The van der Waals surface area contributed by atoms with E-state index in [4.69, 9.17) is 0 Å². The summed E-state index contributed by atoms with van der Waals surface area (Å²) in [7, 11) is 1.70. The molecule has 5 heteroatoms. The van der Waals surface area contributed by atoms with E-state index >= 15 is 0 Å². The monoisotopic (exact) mass is 280 g/mol. The first-order chi connectivity index (χ1) is 9.52. The lowest BCUT2D eigenvalue weighted by Gasteiger charge is -2.27. The van der Waals surface area contributed by atoms with Crippen molar-refractivity contribution in [3.05, 3.63) is 29.6 Å². The van der Waals surface area contributed by atoms with Gasteiger partial charge >= 0.3 is 0 Å². The molecule has 1 N–H and O–H groups in total. The highest BCUT2D eigenvalue weighted by Crippen LogP contribution is 2.20. The summed E-state index contributed by atoms with van der Waals surface area (Å²) in [5.41, 5.74) is 0.00588. The third kappa shape index (κ3) is 3.10. The topological polar surface area (TPSA) is 43.8 Å². The average molecular weight is 280 g/mol. The third-order valence-corrected chi connectivity index (χ3v) is 3.92. The molecule has 1 saturated heterocycles. The number of nitrogens with zero attached hydrogens (tertiary/aromatic N) is 2. The number of rotatable bonds is 4. The van der Waals surface area contributed by atoms with Gasteiger partial charge in [0.1, 0.15) is 11.6 Å². The SMILES string of the molecule is CCN1CCCC1CN(C)C(=O)c1ccc(O)cc1F. The van der Waals surface area contributed by atoms with Crippen LogP contribution in [0, 0.1) is 5.82 Å². The number of likely N-dealkylation sites (N-methyl/N-ethyl adjacent to an activating group) is 2. The van der Waals surface area contributed by atoms with E-state index in [1.54, 1.807) is 11.9 Å². The van der Waals surface area contributed by atoms with Crippen molar-refractivity contribution in [1.82, 2.24) is 9.80 Å². The van der Waals surface area contributed by atoms with Crippen molar-refractivity contribution >= 4 is 5.91 Å². The average Bonchev–Trinajstić information content (AvgIpc) is 2.85. The van der Waals surface area contributed by atoms with E-state index in [-0.39, 0.29) is 17.2 Å². The number of aromatic hydroxyl groups is 1. The van der Waals surface area contributed by atoms with Gasteiger partial charge < -0.3 is 10.0 Å². The van der Waals surface area contributed by atoms with E-state index in [1.807, 2.05) is 0 Å². The zero-order valence-electron chi connectivity index (χ0n) is 12.0. The molecule has 0 aliphatic carbocycles. The Labute approximate surface area is 118 Å². The molecule has 1 aromatic carbocycles. The Kier molecular flexibility index (Phi) is 4.60. The van der Waals surface area contributed by atoms with Crippen molar-refractivity contribution in [3.8, 4) is 5.75 Å². The number of hydrogen-bond donors (Lipinski definition) is 1. The van der Waals surface area contributed by atoms with Crippen LogP contribution in [-0.2, 0) is 0 Å². The minimum atomic E-state index is -0.680. The first kappa shape index (κ1) is 14.8. The van der Waals surface area contributed by atoms with Crippen LogP contribution >= 0.6 is 0 Å². The van der Waals surface area contributed by atoms with E-state index in [0.29, 0.717) is 12.6 Å². The van der Waals surface area contributed by atoms with Gasteiger partial charge in [-0.2, -0.15) is 0 Å². The van der Waals surface area contributed by atoms with Crippen LogP contribution in [0.5, 0.6) is 5.75 Å². The van der Waals surface area contributed by atoms with Gasteiger partial charge in [-0.25, -0.2) is 4.39 Å². The number of phenols is 1. The van der Waals surface area contributed by atoms with Gasteiger partial charge in [0, 0.05) is 25.7 Å². The van der Waals surface area contributed by atoms with E-state index in [0.717, 1.165) is 32.0 Å². The third-order valence-electron chi connectivity index (χ3n) is 3.92. The van der Waals surface area contributed by atoms with Crippen molar-refractivity contribution in [3.63, 3.8) is 0 Å². The zero-order valence-corrected chi connectivity index (χ0v) is 12.0. The molecule has 0 aromatic heterocycles. The van der Waals surface area contributed by atoms with E-state index in [9.17, 15) is 14.3 Å². The van der Waals surface area contributed by atoms with Crippen molar-refractivity contribution < 1.29 is 14.3 Å². The number of carbonyl (C=O) groups is 1. The molecule has 4 nitrogen and oxygen atoms in total. The number of benzene rings is 1. The molecule has 20 heavy (non-hydrogen) atoms. The molecule has 1 fully saturated rings. The van der Waals surface area contributed by atoms with Gasteiger partial charge in [0.25, 0.3) is 5.91 Å². The van der Waals surface area contributed by atoms with Gasteiger partial charge in [0.05, 0.1) is 5.56 Å². The Morgan fingerprint density at radius 3 is 2.95 bits per heavy atom. The molecule has 0 spiro atoms. The number of halogens is 1. The molecule has 1 aliphatic heterocycles. The predicted octanol–water partition coefficient (Wildman–Crippen LogP) is 2.09. The lowest BCUT2D eigenvalue weighted by molar-refractivity contribution is 0.0750. The Bertz CT molecular complexity index is 493. The van der Waals surface area contributed by atoms with E-state index < -0.39 is 5.82 Å². The van der Waals surface area contributed by atoms with Crippen LogP contribution in [0.25, 0.3) is 0 Å². The molecule has 2 rings (SSSR count). The highest BCUT2D eigenvalue weighted by Gasteiger charge is 2.26. The molecular formula is C15H21FN2O2. The molecule has 0 saturated carbocycles. The van der Waals surface area contributed by atoms with Crippen molar-refractivity contribution in [1.29, 1.82) is 0 Å². The maximum absolute atomic E-state index is 13.7. The number of hydrogen-bond acceptors (Lipinski definition) is 3. The molecule has 0 radical (unpaired) electrons. The maximum atomic E-state index is 13.7. The van der Waals surface area contributed by atoms with Crippen molar-refractivity contribution in [2.45, 2.75) is 25.8 Å². The minimum absolute atomic E-state index is 0.00588. The standard InChI is InChI=1S/C15H21FN2O2/c1-3-18-8-4-5-11(18)10-17(2)15(20)13-7-6-12(19)9-14(13)16/h6-7,9,11,19H,3-5,8,10H2,1-2H3. The van der Waals surface area contributed by atoms with Gasteiger partial charge in [-0.15, -0.1) is 0 Å².